The quantitative estimate of drug-likeness (QED) is 0.422. The fourth-order valence-corrected chi connectivity index (χ4v) is 3.85. The van der Waals surface area contributed by atoms with Crippen LogP contribution in [0.15, 0.2) is 73.1 Å². The number of imidazole rings is 1. The number of methoxy groups -OCH3 is 1. The predicted octanol–water partition coefficient (Wildman–Crippen LogP) is 4.25. The molecule has 0 saturated carbocycles. The number of amides is 1. The van der Waals surface area contributed by atoms with Crippen LogP contribution in [0.2, 0.25) is 0 Å². The van der Waals surface area contributed by atoms with Crippen molar-refractivity contribution in [1.29, 1.82) is 0 Å². The van der Waals surface area contributed by atoms with Crippen molar-refractivity contribution in [3.63, 3.8) is 0 Å². The van der Waals surface area contributed by atoms with Gasteiger partial charge in [-0.1, -0.05) is 24.3 Å². The van der Waals surface area contributed by atoms with Crippen LogP contribution in [0, 0.1) is 0 Å². The van der Waals surface area contributed by atoms with Crippen LogP contribution in [0.1, 0.15) is 22.2 Å². The number of carboxylic acid groups (broad SMARTS) is 1. The average Bonchev–Trinajstić information content (AvgIpc) is 3.38. The minimum absolute atomic E-state index is 0.0164. The fourth-order valence-electron chi connectivity index (χ4n) is 3.85. The highest BCUT2D eigenvalue weighted by Gasteiger charge is 2.38. The monoisotopic (exact) mass is 528 g/mol. The highest BCUT2D eigenvalue weighted by molar-refractivity contribution is 5.94. The number of fused-ring (bicyclic) bond motifs is 1. The molecule has 4 aromatic rings. The van der Waals surface area contributed by atoms with E-state index in [0.717, 1.165) is 22.6 Å². The van der Waals surface area contributed by atoms with Crippen molar-refractivity contribution < 1.29 is 37.3 Å². The lowest BCUT2D eigenvalue weighted by atomic mass is 10.1. The number of nitrogens with zero attached hydrogens (tertiary/aromatic N) is 4. The first-order valence-corrected chi connectivity index (χ1v) is 11.4. The van der Waals surface area contributed by atoms with Gasteiger partial charge in [-0.25, -0.2) is 14.8 Å². The van der Waals surface area contributed by atoms with Gasteiger partial charge in [-0.2, -0.15) is 13.2 Å². The van der Waals surface area contributed by atoms with Gasteiger partial charge >= 0.3 is 12.1 Å². The lowest BCUT2D eigenvalue weighted by molar-refractivity contribution is -0.192. The number of carbonyl (C=O) groups is 2. The molecule has 1 unspecified atom stereocenters. The molecule has 0 spiro atoms. The van der Waals surface area contributed by atoms with Crippen molar-refractivity contribution in [3.8, 4) is 17.1 Å². The second-order valence-corrected chi connectivity index (χ2v) is 8.17. The van der Waals surface area contributed by atoms with Crippen LogP contribution in [0.5, 0.6) is 5.88 Å². The van der Waals surface area contributed by atoms with Gasteiger partial charge in [0.1, 0.15) is 11.8 Å². The summed E-state index contributed by atoms with van der Waals surface area (Å²) in [4.78, 5) is 32.7. The molecule has 0 radical (unpaired) electrons. The van der Waals surface area contributed by atoms with E-state index in [1.165, 1.54) is 0 Å². The van der Waals surface area contributed by atoms with Crippen molar-refractivity contribution in [1.82, 2.24) is 19.3 Å². The molecule has 38 heavy (non-hydrogen) atoms. The standard InChI is InChI=1S/C24H22N4O3.C2HF3O2/c1-30-23-11-10-18(14-25-23)20-8-5-9-22-26-19(15-28(20)22)21-16-27(12-13-31-21)24(29)17-6-3-2-4-7-17;3-2(4,5)1(6)7/h2-11,14-15,21H,12-13,16H2,1H3;(H,6,7). The number of aromatic nitrogens is 3. The number of carbonyl (C=O) groups excluding carboxylic acids is 1. The van der Waals surface area contributed by atoms with Crippen molar-refractivity contribution in [3.05, 3.63) is 84.3 Å². The zero-order valence-electron chi connectivity index (χ0n) is 20.1. The van der Waals surface area contributed by atoms with Gasteiger partial charge in [0.15, 0.2) is 0 Å². The normalized spacial score (nSPS) is 15.5. The molecule has 4 heterocycles. The minimum atomic E-state index is -5.08. The lowest BCUT2D eigenvalue weighted by Crippen LogP contribution is -2.42. The number of hydrogen-bond donors (Lipinski definition) is 1. The van der Waals surface area contributed by atoms with Crippen LogP contribution in [0.3, 0.4) is 0 Å². The third-order valence-corrected chi connectivity index (χ3v) is 5.70. The number of morpholine rings is 1. The maximum atomic E-state index is 12.9. The summed E-state index contributed by atoms with van der Waals surface area (Å²) in [6.45, 7) is 1.52. The molecule has 1 saturated heterocycles. The van der Waals surface area contributed by atoms with E-state index in [4.69, 9.17) is 24.4 Å². The van der Waals surface area contributed by atoms with Gasteiger partial charge in [-0.05, 0) is 30.3 Å². The van der Waals surface area contributed by atoms with Crippen LogP contribution < -0.4 is 4.74 Å². The fraction of sp³-hybridized carbons (Fsp3) is 0.231. The molecule has 1 fully saturated rings. The number of halogens is 3. The number of benzene rings is 1. The number of ether oxygens (including phenoxy) is 2. The third kappa shape index (κ3) is 6.09. The van der Waals surface area contributed by atoms with E-state index in [1.54, 1.807) is 13.3 Å². The van der Waals surface area contributed by atoms with E-state index >= 15 is 0 Å². The van der Waals surface area contributed by atoms with Gasteiger partial charge in [0, 0.05) is 36.1 Å². The zero-order valence-corrected chi connectivity index (χ0v) is 20.1. The molecule has 1 amide bonds. The Morgan fingerprint density at radius 1 is 1.08 bits per heavy atom. The summed E-state index contributed by atoms with van der Waals surface area (Å²) >= 11 is 0. The van der Waals surface area contributed by atoms with Crippen LogP contribution in [-0.2, 0) is 9.53 Å². The Morgan fingerprint density at radius 3 is 2.45 bits per heavy atom. The SMILES string of the molecule is COc1ccc(-c2cccc3nc(C4CN(C(=O)c5ccccc5)CCO4)cn23)cn1.O=C(O)C(F)(F)F. The van der Waals surface area contributed by atoms with E-state index in [-0.39, 0.29) is 12.0 Å². The van der Waals surface area contributed by atoms with Gasteiger partial charge < -0.3 is 19.5 Å². The Bertz CT molecular complexity index is 1410. The summed E-state index contributed by atoms with van der Waals surface area (Å²) in [6.07, 6.45) is -1.59. The Balaban J connectivity index is 0.000000426. The van der Waals surface area contributed by atoms with Crippen LogP contribution in [-0.4, -0.2) is 69.2 Å². The largest absolute Gasteiger partial charge is 0.490 e. The Kier molecular flexibility index (Phi) is 7.91. The first-order valence-electron chi connectivity index (χ1n) is 11.4. The van der Waals surface area contributed by atoms with Gasteiger partial charge in [-0.3, -0.25) is 9.20 Å². The molecular weight excluding hydrogens is 505 g/mol. The van der Waals surface area contributed by atoms with E-state index in [1.807, 2.05) is 76.2 Å². The molecule has 9 nitrogen and oxygen atoms in total. The van der Waals surface area contributed by atoms with Gasteiger partial charge in [0.05, 0.1) is 31.6 Å². The zero-order chi connectivity index (χ0) is 27.3. The number of carboxylic acids is 1. The summed E-state index contributed by atoms with van der Waals surface area (Å²) < 4.78 is 44.9. The smallest absolute Gasteiger partial charge is 0.481 e. The van der Waals surface area contributed by atoms with Gasteiger partial charge in [0.2, 0.25) is 5.88 Å². The molecule has 1 aliphatic rings. The lowest BCUT2D eigenvalue weighted by Gasteiger charge is -2.32. The molecule has 1 aliphatic heterocycles. The van der Waals surface area contributed by atoms with E-state index in [0.29, 0.717) is 31.1 Å². The summed E-state index contributed by atoms with van der Waals surface area (Å²) in [5.41, 5.74) is 4.24. The first kappa shape index (κ1) is 26.6. The molecule has 5 rings (SSSR count). The highest BCUT2D eigenvalue weighted by atomic mass is 19.4. The van der Waals surface area contributed by atoms with Gasteiger partial charge in [-0.15, -0.1) is 0 Å². The van der Waals surface area contributed by atoms with E-state index < -0.39 is 12.1 Å². The van der Waals surface area contributed by atoms with Crippen LogP contribution >= 0.6 is 0 Å². The molecule has 1 atom stereocenters. The van der Waals surface area contributed by atoms with E-state index in [2.05, 4.69) is 4.98 Å². The second-order valence-electron chi connectivity index (χ2n) is 8.17. The second kappa shape index (κ2) is 11.3. The van der Waals surface area contributed by atoms with Crippen LogP contribution in [0.25, 0.3) is 16.9 Å². The number of aliphatic carboxylic acids is 1. The first-order chi connectivity index (χ1) is 18.2. The molecule has 198 valence electrons. The molecular formula is C26H23F3N4O5. The highest BCUT2D eigenvalue weighted by Crippen LogP contribution is 2.27. The Labute approximate surface area is 215 Å². The topological polar surface area (TPSA) is 106 Å². The van der Waals surface area contributed by atoms with Crippen molar-refractivity contribution in [2.45, 2.75) is 12.3 Å². The summed E-state index contributed by atoms with van der Waals surface area (Å²) in [6, 6.07) is 19.1. The number of hydrogen-bond acceptors (Lipinski definition) is 6. The Hall–Kier alpha value is -4.45. The summed E-state index contributed by atoms with van der Waals surface area (Å²) in [5.74, 6) is -2.17. The summed E-state index contributed by atoms with van der Waals surface area (Å²) in [7, 11) is 1.60. The summed E-state index contributed by atoms with van der Waals surface area (Å²) in [5, 5.41) is 7.12. The molecule has 3 aromatic heterocycles. The molecule has 12 heteroatoms. The van der Waals surface area contributed by atoms with Crippen molar-refractivity contribution in [2.24, 2.45) is 0 Å². The maximum Gasteiger partial charge on any atom is 0.490 e. The molecule has 1 aromatic carbocycles. The van der Waals surface area contributed by atoms with Crippen LogP contribution in [0.4, 0.5) is 13.2 Å². The van der Waals surface area contributed by atoms with Gasteiger partial charge in [0.25, 0.3) is 5.91 Å². The third-order valence-electron chi connectivity index (χ3n) is 5.70. The number of pyridine rings is 2. The number of alkyl halides is 3. The Morgan fingerprint density at radius 2 is 1.82 bits per heavy atom. The van der Waals surface area contributed by atoms with Crippen molar-refractivity contribution in [2.75, 3.05) is 26.8 Å². The number of rotatable bonds is 4. The van der Waals surface area contributed by atoms with Crippen molar-refractivity contribution >= 4 is 17.5 Å². The average molecular weight is 528 g/mol. The molecule has 1 N–H and O–H groups in total. The maximum absolute atomic E-state index is 12.9. The molecule has 0 bridgehead atoms. The molecule has 0 aliphatic carbocycles. The minimum Gasteiger partial charge on any atom is -0.481 e. The predicted molar refractivity (Wildman–Crippen MR) is 130 cm³/mol. The van der Waals surface area contributed by atoms with E-state index in [9.17, 15) is 18.0 Å².